The summed E-state index contributed by atoms with van der Waals surface area (Å²) in [7, 11) is -4.16. The molecular weight excluding hydrogens is 351 g/mol. The Balaban J connectivity index is 1.71. The summed E-state index contributed by atoms with van der Waals surface area (Å²) in [6.45, 7) is 2.17. The molecule has 3 rings (SSSR count). The van der Waals surface area contributed by atoms with Crippen molar-refractivity contribution in [3.05, 3.63) is 51.5 Å². The molecule has 0 fully saturated rings. The molecule has 1 aliphatic carbocycles. The van der Waals surface area contributed by atoms with Crippen molar-refractivity contribution in [2.24, 2.45) is 5.92 Å². The lowest BCUT2D eigenvalue weighted by Gasteiger charge is -2.16. The van der Waals surface area contributed by atoms with Crippen LogP contribution in [0.15, 0.2) is 35.2 Å². The van der Waals surface area contributed by atoms with Crippen molar-refractivity contribution in [3.63, 3.8) is 0 Å². The maximum absolute atomic E-state index is 13.6. The van der Waals surface area contributed by atoms with E-state index < -0.39 is 26.6 Å². The first kappa shape index (κ1) is 17.1. The average molecular weight is 368 g/mol. The van der Waals surface area contributed by atoms with Crippen molar-refractivity contribution in [1.29, 1.82) is 0 Å². The van der Waals surface area contributed by atoms with Crippen LogP contribution in [0.5, 0.6) is 0 Å². The number of benzene rings is 1. The minimum Gasteiger partial charge on any atom is -0.273 e. The zero-order valence-corrected chi connectivity index (χ0v) is 14.6. The van der Waals surface area contributed by atoms with Gasteiger partial charge >= 0.3 is 0 Å². The molecule has 0 spiro atoms. The summed E-state index contributed by atoms with van der Waals surface area (Å²) in [5.41, 5.74) is 3.31. The zero-order valence-electron chi connectivity index (χ0n) is 13.0. The van der Waals surface area contributed by atoms with Crippen LogP contribution >= 0.6 is 11.3 Å². The number of rotatable bonds is 4. The molecule has 0 aliphatic heterocycles. The predicted octanol–water partition coefficient (Wildman–Crippen LogP) is 2.64. The molecule has 0 saturated carbocycles. The third kappa shape index (κ3) is 3.50. The number of hydrazine groups is 1. The van der Waals surface area contributed by atoms with Crippen molar-refractivity contribution >= 4 is 27.3 Å². The van der Waals surface area contributed by atoms with Gasteiger partial charge in [0.1, 0.15) is 10.7 Å². The summed E-state index contributed by atoms with van der Waals surface area (Å²) in [6, 6.07) is 6.79. The number of hydrogen-bond donors (Lipinski definition) is 2. The van der Waals surface area contributed by atoms with Gasteiger partial charge in [0, 0.05) is 4.88 Å². The van der Waals surface area contributed by atoms with E-state index in [1.165, 1.54) is 28.3 Å². The number of amides is 1. The lowest BCUT2D eigenvalue weighted by molar-refractivity contribution is 0.0949. The van der Waals surface area contributed by atoms with Crippen LogP contribution in [0.2, 0.25) is 0 Å². The van der Waals surface area contributed by atoms with Crippen molar-refractivity contribution in [1.82, 2.24) is 10.3 Å². The molecule has 0 saturated heterocycles. The van der Waals surface area contributed by atoms with Crippen LogP contribution in [0.3, 0.4) is 0 Å². The van der Waals surface area contributed by atoms with E-state index in [4.69, 9.17) is 0 Å². The van der Waals surface area contributed by atoms with E-state index in [0.717, 1.165) is 37.0 Å². The van der Waals surface area contributed by atoms with Gasteiger partial charge < -0.3 is 0 Å². The molecule has 1 amide bonds. The third-order valence-corrected chi connectivity index (χ3v) is 6.49. The maximum Gasteiger partial charge on any atom is 0.276 e. The van der Waals surface area contributed by atoms with Gasteiger partial charge in [-0.15, -0.1) is 16.2 Å². The summed E-state index contributed by atoms with van der Waals surface area (Å²) in [5.74, 6) is -0.829. The standard InChI is InChI=1S/C16H17FN2O3S2/c1-10-6-7-13-11(8-10)9-14(23-13)16(20)18-19-24(21,22)15-5-3-2-4-12(15)17/h2-5,9-10,19H,6-8H2,1H3,(H,18,20). The number of sulfonamides is 1. The van der Waals surface area contributed by atoms with Crippen LogP contribution in [-0.4, -0.2) is 14.3 Å². The zero-order chi connectivity index (χ0) is 17.3. The second-order valence-electron chi connectivity index (χ2n) is 5.90. The molecule has 24 heavy (non-hydrogen) atoms. The van der Waals surface area contributed by atoms with Crippen LogP contribution in [0, 0.1) is 11.7 Å². The molecule has 1 aromatic carbocycles. The second kappa shape index (κ2) is 6.62. The SMILES string of the molecule is CC1CCc2sc(C(=O)NNS(=O)(=O)c3ccccc3F)cc2C1. The molecule has 5 nitrogen and oxygen atoms in total. The van der Waals surface area contributed by atoms with Crippen LogP contribution in [0.4, 0.5) is 4.39 Å². The van der Waals surface area contributed by atoms with E-state index in [2.05, 4.69) is 12.3 Å². The highest BCUT2D eigenvalue weighted by atomic mass is 32.2. The van der Waals surface area contributed by atoms with Gasteiger partial charge in [-0.3, -0.25) is 10.2 Å². The first-order chi connectivity index (χ1) is 11.4. The molecule has 0 radical (unpaired) electrons. The topological polar surface area (TPSA) is 75.3 Å². The number of carbonyl (C=O) groups excluding carboxylic acids is 1. The Morgan fingerprint density at radius 3 is 2.83 bits per heavy atom. The van der Waals surface area contributed by atoms with E-state index in [0.29, 0.717) is 10.8 Å². The Morgan fingerprint density at radius 1 is 1.33 bits per heavy atom. The lowest BCUT2D eigenvalue weighted by atomic mass is 9.90. The molecule has 1 unspecified atom stereocenters. The van der Waals surface area contributed by atoms with Crippen molar-refractivity contribution in [2.75, 3.05) is 0 Å². The van der Waals surface area contributed by atoms with E-state index in [1.54, 1.807) is 0 Å². The lowest BCUT2D eigenvalue weighted by Crippen LogP contribution is -2.41. The highest BCUT2D eigenvalue weighted by Crippen LogP contribution is 2.32. The summed E-state index contributed by atoms with van der Waals surface area (Å²) in [6.07, 6.45) is 2.96. The van der Waals surface area contributed by atoms with E-state index in [9.17, 15) is 17.6 Å². The van der Waals surface area contributed by atoms with Crippen LogP contribution in [-0.2, 0) is 22.9 Å². The van der Waals surface area contributed by atoms with Gasteiger partial charge in [0.25, 0.3) is 15.9 Å². The fraction of sp³-hybridized carbons (Fsp3) is 0.312. The van der Waals surface area contributed by atoms with E-state index >= 15 is 0 Å². The first-order valence-electron chi connectivity index (χ1n) is 7.55. The fourth-order valence-corrected chi connectivity index (χ4v) is 4.73. The molecular formula is C16H17FN2O3S2. The van der Waals surface area contributed by atoms with Crippen LogP contribution in [0.25, 0.3) is 0 Å². The number of halogens is 1. The number of carbonyl (C=O) groups is 1. The smallest absolute Gasteiger partial charge is 0.273 e. The minimum atomic E-state index is -4.16. The first-order valence-corrected chi connectivity index (χ1v) is 9.85. The van der Waals surface area contributed by atoms with Gasteiger partial charge in [-0.2, -0.15) is 0 Å². The summed E-state index contributed by atoms with van der Waals surface area (Å²) in [5, 5.41) is 0. The Bertz CT molecular complexity index is 877. The molecule has 1 atom stereocenters. The molecule has 2 N–H and O–H groups in total. The Kier molecular flexibility index (Phi) is 4.71. The molecule has 8 heteroatoms. The maximum atomic E-state index is 13.6. The molecule has 128 valence electrons. The summed E-state index contributed by atoms with van der Waals surface area (Å²) < 4.78 is 37.7. The minimum absolute atomic E-state index is 0.449. The van der Waals surface area contributed by atoms with Gasteiger partial charge in [0.15, 0.2) is 0 Å². The predicted molar refractivity (Wildman–Crippen MR) is 89.7 cm³/mol. The summed E-state index contributed by atoms with van der Waals surface area (Å²) >= 11 is 1.37. The molecule has 2 aromatic rings. The Labute approximate surface area is 143 Å². The van der Waals surface area contributed by atoms with Crippen molar-refractivity contribution < 1.29 is 17.6 Å². The van der Waals surface area contributed by atoms with E-state index in [1.807, 2.05) is 10.9 Å². The number of hydrogen-bond acceptors (Lipinski definition) is 4. The van der Waals surface area contributed by atoms with Gasteiger partial charge in [0.05, 0.1) is 4.88 Å². The van der Waals surface area contributed by atoms with Crippen molar-refractivity contribution in [3.8, 4) is 0 Å². The Hall–Kier alpha value is -1.77. The van der Waals surface area contributed by atoms with Gasteiger partial charge in [-0.1, -0.05) is 19.1 Å². The highest BCUT2D eigenvalue weighted by Gasteiger charge is 2.23. The van der Waals surface area contributed by atoms with Gasteiger partial charge in [-0.25, -0.2) is 12.8 Å². The molecule has 1 aliphatic rings. The normalized spacial score (nSPS) is 17.3. The highest BCUT2D eigenvalue weighted by molar-refractivity contribution is 7.89. The number of thiophene rings is 1. The number of aryl methyl sites for hydroxylation is 1. The molecule has 0 bridgehead atoms. The second-order valence-corrected chi connectivity index (χ2v) is 8.68. The average Bonchev–Trinajstić information content (AvgIpc) is 2.96. The largest absolute Gasteiger partial charge is 0.276 e. The fourth-order valence-electron chi connectivity index (χ4n) is 2.71. The summed E-state index contributed by atoms with van der Waals surface area (Å²) in [4.78, 5) is 15.2. The molecule has 1 heterocycles. The number of nitrogens with one attached hydrogen (secondary N) is 2. The third-order valence-electron chi connectivity index (χ3n) is 3.98. The van der Waals surface area contributed by atoms with E-state index in [-0.39, 0.29) is 0 Å². The van der Waals surface area contributed by atoms with Crippen LogP contribution < -0.4 is 10.3 Å². The van der Waals surface area contributed by atoms with Crippen molar-refractivity contribution in [2.45, 2.75) is 31.1 Å². The van der Waals surface area contributed by atoms with Gasteiger partial charge in [0.2, 0.25) is 0 Å². The Morgan fingerprint density at radius 2 is 2.08 bits per heavy atom. The quantitative estimate of drug-likeness (QED) is 0.815. The molecule has 1 aromatic heterocycles. The number of fused-ring (bicyclic) bond motifs is 1. The van der Waals surface area contributed by atoms with Crippen LogP contribution in [0.1, 0.15) is 33.5 Å². The van der Waals surface area contributed by atoms with Gasteiger partial charge in [-0.05, 0) is 48.9 Å². The monoisotopic (exact) mass is 368 g/mol.